The fourth-order valence-electron chi connectivity index (χ4n) is 3.70. The van der Waals surface area contributed by atoms with Crippen LogP contribution >= 0.6 is 11.3 Å². The summed E-state index contributed by atoms with van der Waals surface area (Å²) >= 11 is 1.59. The molecule has 158 valence electrons. The Morgan fingerprint density at radius 2 is 1.86 bits per heavy atom. The Hall–Kier alpha value is -2.40. The Morgan fingerprint density at radius 3 is 2.31 bits per heavy atom. The molecule has 2 fully saturated rings. The minimum atomic E-state index is -5.08. The number of alkyl halides is 3. The van der Waals surface area contributed by atoms with Crippen LogP contribution in [0.3, 0.4) is 0 Å². The largest absolute Gasteiger partial charge is 0.490 e. The summed E-state index contributed by atoms with van der Waals surface area (Å²) < 4.78 is 33.8. The number of carboxylic acids is 1. The Morgan fingerprint density at radius 1 is 1.24 bits per heavy atom. The van der Waals surface area contributed by atoms with Crippen molar-refractivity contribution in [2.75, 3.05) is 26.2 Å². The zero-order valence-electron chi connectivity index (χ0n) is 15.7. The Bertz CT molecular complexity index is 839. The van der Waals surface area contributed by atoms with Crippen LogP contribution in [-0.4, -0.2) is 68.7 Å². The lowest BCUT2D eigenvalue weighted by molar-refractivity contribution is -0.192. The second-order valence-electron chi connectivity index (χ2n) is 7.19. The van der Waals surface area contributed by atoms with Crippen LogP contribution in [0.5, 0.6) is 0 Å². The number of fused-ring (bicyclic) bond motifs is 1. The second-order valence-corrected chi connectivity index (χ2v) is 7.97. The Labute approximate surface area is 169 Å². The number of rotatable bonds is 3. The van der Waals surface area contributed by atoms with Gasteiger partial charge in [0, 0.05) is 51.0 Å². The summed E-state index contributed by atoms with van der Waals surface area (Å²) in [5.74, 6) is -0.212. The average Bonchev–Trinajstić information content (AvgIpc) is 3.39. The summed E-state index contributed by atoms with van der Waals surface area (Å²) in [5, 5.41) is 11.0. The van der Waals surface area contributed by atoms with Gasteiger partial charge in [0.2, 0.25) is 0 Å². The molecular weight excluding hydrogens is 409 g/mol. The van der Waals surface area contributed by atoms with Crippen molar-refractivity contribution in [3.8, 4) is 0 Å². The molecule has 0 saturated carbocycles. The van der Waals surface area contributed by atoms with Crippen LogP contribution in [0.1, 0.15) is 16.2 Å². The summed E-state index contributed by atoms with van der Waals surface area (Å²) in [6.07, 6.45) is -1.24. The highest BCUT2D eigenvalue weighted by atomic mass is 32.1. The Balaban J connectivity index is 0.000000298. The number of imidazole rings is 1. The number of hydrogen-bond acceptors (Lipinski definition) is 5. The van der Waals surface area contributed by atoms with Gasteiger partial charge in [-0.25, -0.2) is 9.78 Å². The molecule has 2 saturated heterocycles. The molecule has 2 aromatic heterocycles. The highest BCUT2D eigenvalue weighted by Crippen LogP contribution is 2.32. The van der Waals surface area contributed by atoms with Gasteiger partial charge >= 0.3 is 12.1 Å². The van der Waals surface area contributed by atoms with Crippen LogP contribution < -0.4 is 0 Å². The highest BCUT2D eigenvalue weighted by Gasteiger charge is 2.41. The molecule has 1 N–H and O–H groups in total. The number of halogens is 3. The monoisotopic (exact) mass is 430 g/mol. The van der Waals surface area contributed by atoms with Crippen molar-refractivity contribution >= 4 is 23.2 Å². The molecule has 2 aromatic rings. The first kappa shape index (κ1) is 21.3. The highest BCUT2D eigenvalue weighted by molar-refractivity contribution is 7.08. The van der Waals surface area contributed by atoms with Crippen LogP contribution in [0, 0.1) is 11.8 Å². The molecule has 0 aliphatic carbocycles. The summed E-state index contributed by atoms with van der Waals surface area (Å²) in [6.45, 7) is 4.86. The fraction of sp³-hybridized carbons (Fsp3) is 0.500. The van der Waals surface area contributed by atoms with Crippen molar-refractivity contribution < 1.29 is 27.9 Å². The predicted molar refractivity (Wildman–Crippen MR) is 99.4 cm³/mol. The molecule has 2 aliphatic heterocycles. The molecule has 4 rings (SSSR count). The number of likely N-dealkylation sites (tertiary alicyclic amines) is 2. The van der Waals surface area contributed by atoms with Gasteiger partial charge in [0.15, 0.2) is 0 Å². The van der Waals surface area contributed by atoms with Gasteiger partial charge in [0.05, 0.1) is 12.1 Å². The molecule has 4 heterocycles. The van der Waals surface area contributed by atoms with Crippen molar-refractivity contribution in [2.45, 2.75) is 12.7 Å². The van der Waals surface area contributed by atoms with E-state index in [-0.39, 0.29) is 5.91 Å². The lowest BCUT2D eigenvalue weighted by Crippen LogP contribution is -2.33. The maximum Gasteiger partial charge on any atom is 0.490 e. The third kappa shape index (κ3) is 5.15. The van der Waals surface area contributed by atoms with E-state index >= 15 is 0 Å². The molecule has 11 heteroatoms. The van der Waals surface area contributed by atoms with Gasteiger partial charge in [-0.15, -0.1) is 0 Å². The molecule has 29 heavy (non-hydrogen) atoms. The van der Waals surface area contributed by atoms with Crippen molar-refractivity contribution in [2.24, 2.45) is 18.9 Å². The second kappa shape index (κ2) is 8.54. The number of aryl methyl sites for hydroxylation is 1. The van der Waals surface area contributed by atoms with E-state index in [1.54, 1.807) is 11.3 Å². The summed E-state index contributed by atoms with van der Waals surface area (Å²) in [4.78, 5) is 30.2. The van der Waals surface area contributed by atoms with Crippen molar-refractivity contribution in [3.05, 3.63) is 40.6 Å². The quantitative estimate of drug-likeness (QED) is 0.809. The summed E-state index contributed by atoms with van der Waals surface area (Å²) in [7, 11) is 2.04. The molecule has 2 atom stereocenters. The molecule has 0 aromatic carbocycles. The van der Waals surface area contributed by atoms with Crippen LogP contribution in [0.4, 0.5) is 13.2 Å². The van der Waals surface area contributed by atoms with Crippen LogP contribution in [0.15, 0.2) is 29.2 Å². The molecule has 0 unspecified atom stereocenters. The van der Waals surface area contributed by atoms with E-state index in [4.69, 9.17) is 9.90 Å². The van der Waals surface area contributed by atoms with Crippen molar-refractivity contribution in [3.63, 3.8) is 0 Å². The number of aromatic nitrogens is 2. The molecule has 7 nitrogen and oxygen atoms in total. The molecule has 0 radical (unpaired) electrons. The molecule has 0 spiro atoms. The van der Waals surface area contributed by atoms with Crippen molar-refractivity contribution in [1.29, 1.82) is 0 Å². The number of aliphatic carboxylic acids is 1. The van der Waals surface area contributed by atoms with Crippen LogP contribution in [0.25, 0.3) is 0 Å². The van der Waals surface area contributed by atoms with Gasteiger partial charge in [-0.3, -0.25) is 9.69 Å². The minimum absolute atomic E-state index is 0.200. The van der Waals surface area contributed by atoms with Crippen LogP contribution in [-0.2, 0) is 18.4 Å². The first-order valence-electron chi connectivity index (χ1n) is 8.95. The predicted octanol–water partition coefficient (Wildman–Crippen LogP) is 2.32. The first-order chi connectivity index (χ1) is 13.6. The van der Waals surface area contributed by atoms with E-state index in [0.29, 0.717) is 11.8 Å². The van der Waals surface area contributed by atoms with Gasteiger partial charge in [0.25, 0.3) is 5.91 Å². The van der Waals surface area contributed by atoms with Gasteiger partial charge < -0.3 is 14.6 Å². The normalized spacial score (nSPS) is 21.6. The van der Waals surface area contributed by atoms with E-state index in [0.717, 1.165) is 44.1 Å². The van der Waals surface area contributed by atoms with E-state index in [2.05, 4.69) is 14.5 Å². The van der Waals surface area contributed by atoms with Crippen molar-refractivity contribution in [1.82, 2.24) is 19.4 Å². The average molecular weight is 430 g/mol. The van der Waals surface area contributed by atoms with Gasteiger partial charge in [-0.2, -0.15) is 24.5 Å². The van der Waals surface area contributed by atoms with E-state index in [1.807, 2.05) is 41.2 Å². The van der Waals surface area contributed by atoms with E-state index < -0.39 is 12.1 Å². The lowest BCUT2D eigenvalue weighted by Gasteiger charge is -2.21. The third-order valence-corrected chi connectivity index (χ3v) is 5.83. The smallest absolute Gasteiger partial charge is 0.475 e. The molecule has 0 bridgehead atoms. The molecule has 2 aliphatic rings. The number of hydrogen-bond donors (Lipinski definition) is 1. The number of thiophene rings is 1. The SMILES string of the molecule is Cn1ccnc1CN1C[C@@H]2CN(C(=O)c3ccsc3)C[C@@H]2C1.O=C(O)C(F)(F)F. The first-order valence-corrected chi connectivity index (χ1v) is 9.89. The number of carbonyl (C=O) groups is 2. The maximum absolute atomic E-state index is 12.4. The minimum Gasteiger partial charge on any atom is -0.475 e. The number of nitrogens with zero attached hydrogens (tertiary/aromatic N) is 4. The number of carboxylic acid groups (broad SMARTS) is 1. The van der Waals surface area contributed by atoms with E-state index in [9.17, 15) is 18.0 Å². The fourth-order valence-corrected chi connectivity index (χ4v) is 4.33. The third-order valence-electron chi connectivity index (χ3n) is 5.15. The zero-order valence-corrected chi connectivity index (χ0v) is 16.5. The maximum atomic E-state index is 12.4. The van der Waals surface area contributed by atoms with Gasteiger partial charge in [0.1, 0.15) is 5.82 Å². The van der Waals surface area contributed by atoms with Gasteiger partial charge in [-0.05, 0) is 23.3 Å². The van der Waals surface area contributed by atoms with E-state index in [1.165, 1.54) is 0 Å². The molecular formula is C18H21F3N4O3S. The molecule has 1 amide bonds. The number of carbonyl (C=O) groups excluding carboxylic acids is 1. The summed E-state index contributed by atoms with van der Waals surface area (Å²) in [6, 6.07) is 1.93. The van der Waals surface area contributed by atoms with Crippen LogP contribution in [0.2, 0.25) is 0 Å². The Kier molecular flexibility index (Phi) is 6.27. The number of amides is 1. The summed E-state index contributed by atoms with van der Waals surface area (Å²) in [5.41, 5.74) is 0.842. The zero-order chi connectivity index (χ0) is 21.2. The lowest BCUT2D eigenvalue weighted by atomic mass is 10.0. The topological polar surface area (TPSA) is 78.7 Å². The standard InChI is InChI=1S/C16H20N4OS.C2HF3O2/c1-18-4-3-17-15(18)10-19-6-13-8-20(9-14(13)7-19)16(21)12-2-5-22-11-12;3-2(4,5)1(6)7/h2-5,11,13-14H,6-10H2,1H3;(H,6,7)/t13-,14+;. The van der Waals surface area contributed by atoms with Gasteiger partial charge in [-0.1, -0.05) is 0 Å².